The Balaban J connectivity index is 1.52. The van der Waals surface area contributed by atoms with Crippen LogP contribution in [0, 0.1) is 0 Å². The Hall–Kier alpha value is -2.98. The van der Waals surface area contributed by atoms with Crippen LogP contribution in [0.3, 0.4) is 0 Å². The van der Waals surface area contributed by atoms with E-state index in [0.29, 0.717) is 6.04 Å². The standard InChI is InChI=1S/C26H30N2O2/c1-29-23-12-8-9-21(19-23)20-25(22-10-4-3-5-11-22)28-17-15-27(16-18-28)24-13-6-7-14-26(24)30-2/h3-14,19,25H,15-18,20H2,1-2H3. The molecule has 4 nitrogen and oxygen atoms in total. The van der Waals surface area contributed by atoms with Gasteiger partial charge in [-0.15, -0.1) is 0 Å². The van der Waals surface area contributed by atoms with Gasteiger partial charge < -0.3 is 14.4 Å². The van der Waals surface area contributed by atoms with Crippen LogP contribution in [0.25, 0.3) is 0 Å². The van der Waals surface area contributed by atoms with Gasteiger partial charge >= 0.3 is 0 Å². The van der Waals surface area contributed by atoms with Crippen LogP contribution in [0.4, 0.5) is 5.69 Å². The number of piperazine rings is 1. The molecule has 1 saturated heterocycles. The third kappa shape index (κ3) is 4.60. The Morgan fingerprint density at radius 3 is 2.23 bits per heavy atom. The molecule has 0 aromatic heterocycles. The lowest BCUT2D eigenvalue weighted by atomic mass is 9.96. The molecule has 1 atom stereocenters. The molecule has 0 saturated carbocycles. The Kier molecular flexibility index (Phi) is 6.55. The molecule has 0 radical (unpaired) electrons. The second-order valence-corrected chi connectivity index (χ2v) is 7.68. The van der Waals surface area contributed by atoms with Crippen LogP contribution in [0.1, 0.15) is 17.2 Å². The molecule has 1 heterocycles. The van der Waals surface area contributed by atoms with Crippen LogP contribution in [0.5, 0.6) is 11.5 Å². The first kappa shape index (κ1) is 20.3. The molecule has 0 N–H and O–H groups in total. The van der Waals surface area contributed by atoms with E-state index in [4.69, 9.17) is 9.47 Å². The first-order valence-electron chi connectivity index (χ1n) is 10.6. The van der Waals surface area contributed by atoms with Gasteiger partial charge in [0.05, 0.1) is 19.9 Å². The van der Waals surface area contributed by atoms with Crippen LogP contribution in [-0.4, -0.2) is 45.3 Å². The molecule has 1 aliphatic rings. The lowest BCUT2D eigenvalue weighted by molar-refractivity contribution is 0.184. The first-order valence-corrected chi connectivity index (χ1v) is 10.6. The number of methoxy groups -OCH3 is 2. The number of hydrogen-bond acceptors (Lipinski definition) is 4. The largest absolute Gasteiger partial charge is 0.497 e. The van der Waals surface area contributed by atoms with Crippen LogP contribution in [0.15, 0.2) is 78.9 Å². The van der Waals surface area contributed by atoms with Gasteiger partial charge in [-0.25, -0.2) is 0 Å². The minimum atomic E-state index is 0.345. The van der Waals surface area contributed by atoms with Crippen LogP contribution < -0.4 is 14.4 Å². The summed E-state index contributed by atoms with van der Waals surface area (Å²) in [5.74, 6) is 1.86. The van der Waals surface area contributed by atoms with Crippen molar-refractivity contribution in [3.8, 4) is 11.5 Å². The predicted octanol–water partition coefficient (Wildman–Crippen LogP) is 4.81. The second kappa shape index (κ2) is 9.68. The third-order valence-electron chi connectivity index (χ3n) is 5.93. The van der Waals surface area contributed by atoms with Crippen molar-refractivity contribution < 1.29 is 9.47 Å². The van der Waals surface area contributed by atoms with Gasteiger partial charge in [0.15, 0.2) is 0 Å². The molecule has 156 valence electrons. The maximum absolute atomic E-state index is 5.58. The van der Waals surface area contributed by atoms with Gasteiger partial charge in [0.1, 0.15) is 11.5 Å². The summed E-state index contributed by atoms with van der Waals surface area (Å²) >= 11 is 0. The van der Waals surface area contributed by atoms with E-state index in [1.54, 1.807) is 14.2 Å². The van der Waals surface area contributed by atoms with Gasteiger partial charge in [0, 0.05) is 32.2 Å². The maximum Gasteiger partial charge on any atom is 0.142 e. The van der Waals surface area contributed by atoms with E-state index in [1.165, 1.54) is 16.8 Å². The minimum Gasteiger partial charge on any atom is -0.497 e. The summed E-state index contributed by atoms with van der Waals surface area (Å²) < 4.78 is 11.0. The lowest BCUT2D eigenvalue weighted by Gasteiger charge is -2.41. The number of para-hydroxylation sites is 2. The Labute approximate surface area is 179 Å². The highest BCUT2D eigenvalue weighted by Gasteiger charge is 2.26. The van der Waals surface area contributed by atoms with E-state index >= 15 is 0 Å². The highest BCUT2D eigenvalue weighted by atomic mass is 16.5. The second-order valence-electron chi connectivity index (χ2n) is 7.68. The van der Waals surface area contributed by atoms with Gasteiger partial charge in [-0.3, -0.25) is 4.90 Å². The fourth-order valence-corrected chi connectivity index (χ4v) is 4.32. The fraction of sp³-hybridized carbons (Fsp3) is 0.308. The Morgan fingerprint density at radius 1 is 0.767 bits per heavy atom. The lowest BCUT2D eigenvalue weighted by Crippen LogP contribution is -2.48. The number of ether oxygens (including phenoxy) is 2. The molecule has 1 fully saturated rings. The minimum absolute atomic E-state index is 0.345. The normalized spacial score (nSPS) is 15.6. The quantitative estimate of drug-likeness (QED) is 0.566. The van der Waals surface area contributed by atoms with Crippen molar-refractivity contribution in [2.24, 2.45) is 0 Å². The Bertz CT molecular complexity index is 937. The van der Waals surface area contributed by atoms with Gasteiger partial charge in [-0.1, -0.05) is 54.6 Å². The summed E-state index contributed by atoms with van der Waals surface area (Å²) in [5, 5.41) is 0. The summed E-state index contributed by atoms with van der Waals surface area (Å²) in [5.41, 5.74) is 3.85. The SMILES string of the molecule is COc1cccc(CC(c2ccccc2)N2CCN(c3ccccc3OC)CC2)c1. The van der Waals surface area contributed by atoms with Gasteiger partial charge in [-0.2, -0.15) is 0 Å². The summed E-state index contributed by atoms with van der Waals surface area (Å²) in [6, 6.07) is 27.9. The van der Waals surface area contributed by atoms with Crippen molar-refractivity contribution in [2.45, 2.75) is 12.5 Å². The van der Waals surface area contributed by atoms with Crippen molar-refractivity contribution in [1.82, 2.24) is 4.90 Å². The van der Waals surface area contributed by atoms with Gasteiger partial charge in [-0.05, 0) is 41.8 Å². The van der Waals surface area contributed by atoms with Crippen molar-refractivity contribution in [3.63, 3.8) is 0 Å². The molecule has 3 aromatic carbocycles. The molecule has 3 aromatic rings. The molecule has 1 aliphatic heterocycles. The molecule has 0 amide bonds. The van der Waals surface area contributed by atoms with Crippen molar-refractivity contribution >= 4 is 5.69 Å². The molecule has 0 bridgehead atoms. The number of rotatable bonds is 7. The van der Waals surface area contributed by atoms with E-state index < -0.39 is 0 Å². The topological polar surface area (TPSA) is 24.9 Å². The zero-order valence-corrected chi connectivity index (χ0v) is 17.8. The molecule has 4 heteroatoms. The molecular formula is C26H30N2O2. The third-order valence-corrected chi connectivity index (χ3v) is 5.93. The monoisotopic (exact) mass is 402 g/mol. The van der Waals surface area contributed by atoms with E-state index in [2.05, 4.69) is 70.5 Å². The van der Waals surface area contributed by atoms with Gasteiger partial charge in [0.2, 0.25) is 0 Å². The first-order chi connectivity index (χ1) is 14.8. The molecule has 1 unspecified atom stereocenters. The maximum atomic E-state index is 5.58. The zero-order valence-electron chi connectivity index (χ0n) is 17.8. The highest BCUT2D eigenvalue weighted by Crippen LogP contribution is 2.31. The molecule has 0 aliphatic carbocycles. The van der Waals surface area contributed by atoms with Crippen molar-refractivity contribution in [2.75, 3.05) is 45.3 Å². The number of nitrogens with zero attached hydrogens (tertiary/aromatic N) is 2. The summed E-state index contributed by atoms with van der Waals surface area (Å²) in [6.07, 6.45) is 0.968. The van der Waals surface area contributed by atoms with Crippen LogP contribution in [0.2, 0.25) is 0 Å². The van der Waals surface area contributed by atoms with Crippen LogP contribution in [-0.2, 0) is 6.42 Å². The summed E-state index contributed by atoms with van der Waals surface area (Å²) in [4.78, 5) is 5.05. The molecule has 30 heavy (non-hydrogen) atoms. The average molecular weight is 403 g/mol. The summed E-state index contributed by atoms with van der Waals surface area (Å²) in [6.45, 7) is 4.01. The van der Waals surface area contributed by atoms with Gasteiger partial charge in [0.25, 0.3) is 0 Å². The van der Waals surface area contributed by atoms with Crippen molar-refractivity contribution in [1.29, 1.82) is 0 Å². The molecule has 0 spiro atoms. The molecular weight excluding hydrogens is 372 g/mol. The van der Waals surface area contributed by atoms with Crippen LogP contribution >= 0.6 is 0 Å². The van der Waals surface area contributed by atoms with E-state index in [9.17, 15) is 0 Å². The predicted molar refractivity (Wildman–Crippen MR) is 123 cm³/mol. The highest BCUT2D eigenvalue weighted by molar-refractivity contribution is 5.58. The summed E-state index contributed by atoms with van der Waals surface area (Å²) in [7, 11) is 3.47. The fourth-order valence-electron chi connectivity index (χ4n) is 4.32. The Morgan fingerprint density at radius 2 is 1.50 bits per heavy atom. The van der Waals surface area contributed by atoms with E-state index in [1.807, 2.05) is 18.2 Å². The molecule has 4 rings (SSSR count). The zero-order chi connectivity index (χ0) is 20.8. The van der Waals surface area contributed by atoms with E-state index in [-0.39, 0.29) is 0 Å². The van der Waals surface area contributed by atoms with E-state index in [0.717, 1.165) is 44.1 Å². The number of anilines is 1. The van der Waals surface area contributed by atoms with Crippen molar-refractivity contribution in [3.05, 3.63) is 90.0 Å². The number of benzene rings is 3. The number of hydrogen-bond donors (Lipinski definition) is 0. The smallest absolute Gasteiger partial charge is 0.142 e. The average Bonchev–Trinajstić information content (AvgIpc) is 2.83.